The zero-order valence-corrected chi connectivity index (χ0v) is 14.5. The number of hydrogen-bond acceptors (Lipinski definition) is 6. The monoisotopic (exact) mass is 377 g/mol. The van der Waals surface area contributed by atoms with Crippen molar-refractivity contribution in [1.82, 2.24) is 5.43 Å². The predicted octanol–water partition coefficient (Wildman–Crippen LogP) is 3.02. The molecule has 2 heterocycles. The van der Waals surface area contributed by atoms with Crippen LogP contribution in [0.4, 0.5) is 5.69 Å². The predicted molar refractivity (Wildman–Crippen MR) is 101 cm³/mol. The maximum absolute atomic E-state index is 12.5. The summed E-state index contributed by atoms with van der Waals surface area (Å²) >= 11 is 0. The summed E-state index contributed by atoms with van der Waals surface area (Å²) in [6.45, 7) is 0.188. The molecule has 0 aliphatic carbocycles. The second-order valence-electron chi connectivity index (χ2n) is 5.79. The Kier molecular flexibility index (Phi) is 4.75. The van der Waals surface area contributed by atoms with Gasteiger partial charge in [-0.3, -0.25) is 9.59 Å². The lowest BCUT2D eigenvalue weighted by atomic mass is 10.1. The second kappa shape index (κ2) is 7.67. The number of fused-ring (bicyclic) bond motifs is 1. The molecule has 3 aromatic rings. The number of carbonyl (C=O) groups is 2. The van der Waals surface area contributed by atoms with Crippen molar-refractivity contribution in [2.75, 3.05) is 12.1 Å². The first-order chi connectivity index (χ1) is 13.7. The zero-order valence-electron chi connectivity index (χ0n) is 14.5. The first kappa shape index (κ1) is 17.3. The highest BCUT2D eigenvalue weighted by atomic mass is 16.7. The molecule has 0 spiro atoms. The normalized spacial score (nSPS) is 12.1. The van der Waals surface area contributed by atoms with Crippen LogP contribution in [-0.2, 0) is 0 Å². The lowest BCUT2D eigenvalue weighted by Crippen LogP contribution is -2.21. The van der Waals surface area contributed by atoms with Crippen LogP contribution < -0.4 is 20.2 Å². The van der Waals surface area contributed by atoms with Crippen molar-refractivity contribution in [2.24, 2.45) is 5.10 Å². The van der Waals surface area contributed by atoms with Gasteiger partial charge in [-0.2, -0.15) is 5.10 Å². The molecular weight excluding hydrogens is 362 g/mol. The van der Waals surface area contributed by atoms with Crippen LogP contribution in [0.15, 0.2) is 70.4 Å². The summed E-state index contributed by atoms with van der Waals surface area (Å²) in [7, 11) is 0. The topological polar surface area (TPSA) is 102 Å². The quantitative estimate of drug-likeness (QED) is 0.526. The Hall–Kier alpha value is -4.07. The third-order valence-corrected chi connectivity index (χ3v) is 3.94. The molecule has 0 saturated carbocycles. The van der Waals surface area contributed by atoms with E-state index in [4.69, 9.17) is 13.9 Å². The lowest BCUT2D eigenvalue weighted by Gasteiger charge is -2.08. The average Bonchev–Trinajstić information content (AvgIpc) is 3.40. The molecule has 28 heavy (non-hydrogen) atoms. The molecular formula is C20H15N3O5. The van der Waals surface area contributed by atoms with Gasteiger partial charge in [0.05, 0.1) is 23.7 Å². The Morgan fingerprint density at radius 2 is 1.82 bits per heavy atom. The molecule has 0 fully saturated rings. The van der Waals surface area contributed by atoms with Gasteiger partial charge in [-0.15, -0.1) is 0 Å². The van der Waals surface area contributed by atoms with E-state index in [-0.39, 0.29) is 18.1 Å². The van der Waals surface area contributed by atoms with E-state index in [2.05, 4.69) is 15.8 Å². The standard InChI is InChI=1S/C20H15N3O5/c24-19(23-21-11-13-7-8-16-18(10-13)28-12-27-16)14-4-1-2-5-15(14)22-20(25)17-6-3-9-26-17/h1-11H,12H2,(H,22,25)(H,23,24)/b21-11-. The van der Waals surface area contributed by atoms with Crippen molar-refractivity contribution in [2.45, 2.75) is 0 Å². The van der Waals surface area contributed by atoms with Gasteiger partial charge in [0, 0.05) is 0 Å². The third-order valence-electron chi connectivity index (χ3n) is 3.94. The molecule has 0 bridgehead atoms. The number of ether oxygens (including phenoxy) is 2. The Balaban J connectivity index is 1.44. The van der Waals surface area contributed by atoms with Crippen molar-refractivity contribution in [3.63, 3.8) is 0 Å². The molecule has 2 amide bonds. The molecule has 140 valence electrons. The number of anilines is 1. The minimum atomic E-state index is -0.465. The van der Waals surface area contributed by atoms with Gasteiger partial charge in [0.1, 0.15) is 0 Å². The van der Waals surface area contributed by atoms with E-state index < -0.39 is 11.8 Å². The summed E-state index contributed by atoms with van der Waals surface area (Å²) in [5.41, 5.74) is 3.80. The Bertz CT molecular complexity index is 1040. The van der Waals surface area contributed by atoms with Crippen molar-refractivity contribution < 1.29 is 23.5 Å². The second-order valence-corrected chi connectivity index (χ2v) is 5.79. The van der Waals surface area contributed by atoms with Crippen LogP contribution in [-0.4, -0.2) is 24.8 Å². The molecule has 0 saturated heterocycles. The average molecular weight is 377 g/mol. The maximum atomic E-state index is 12.5. The molecule has 2 aromatic carbocycles. The van der Waals surface area contributed by atoms with E-state index in [1.165, 1.54) is 18.5 Å². The van der Waals surface area contributed by atoms with Crippen LogP contribution >= 0.6 is 0 Å². The van der Waals surface area contributed by atoms with E-state index in [1.54, 1.807) is 48.5 Å². The highest BCUT2D eigenvalue weighted by Crippen LogP contribution is 2.31. The van der Waals surface area contributed by atoms with Gasteiger partial charge in [-0.1, -0.05) is 12.1 Å². The number of nitrogens with one attached hydrogen (secondary N) is 2. The number of hydrogen-bond donors (Lipinski definition) is 2. The fourth-order valence-electron chi connectivity index (χ4n) is 2.60. The summed E-state index contributed by atoms with van der Waals surface area (Å²) < 4.78 is 15.6. The molecule has 0 unspecified atom stereocenters. The highest BCUT2D eigenvalue weighted by Gasteiger charge is 2.15. The van der Waals surface area contributed by atoms with Gasteiger partial charge in [0.2, 0.25) is 6.79 Å². The SMILES string of the molecule is O=C(Nc1ccccc1C(=O)N/N=C\c1ccc2c(c1)OCO2)c1ccco1. The van der Waals surface area contributed by atoms with E-state index in [1.807, 2.05) is 0 Å². The van der Waals surface area contributed by atoms with Crippen LogP contribution in [0.2, 0.25) is 0 Å². The van der Waals surface area contributed by atoms with Crippen LogP contribution in [0.5, 0.6) is 11.5 Å². The maximum Gasteiger partial charge on any atom is 0.291 e. The number of nitrogens with zero attached hydrogens (tertiary/aromatic N) is 1. The van der Waals surface area contributed by atoms with Crippen LogP contribution in [0.1, 0.15) is 26.5 Å². The minimum Gasteiger partial charge on any atom is -0.459 e. The number of amides is 2. The van der Waals surface area contributed by atoms with E-state index in [0.29, 0.717) is 17.2 Å². The number of rotatable bonds is 5. The van der Waals surface area contributed by atoms with Crippen molar-refractivity contribution in [3.8, 4) is 11.5 Å². The lowest BCUT2D eigenvalue weighted by molar-refractivity contribution is 0.0956. The molecule has 0 radical (unpaired) electrons. The van der Waals surface area contributed by atoms with Gasteiger partial charge in [-0.25, -0.2) is 5.43 Å². The smallest absolute Gasteiger partial charge is 0.291 e. The fourth-order valence-corrected chi connectivity index (χ4v) is 2.60. The van der Waals surface area contributed by atoms with Gasteiger partial charge in [0.25, 0.3) is 11.8 Å². The highest BCUT2D eigenvalue weighted by molar-refractivity contribution is 6.07. The third kappa shape index (κ3) is 3.70. The number of hydrazone groups is 1. The van der Waals surface area contributed by atoms with Gasteiger partial charge >= 0.3 is 0 Å². The summed E-state index contributed by atoms with van der Waals surface area (Å²) in [6.07, 6.45) is 2.89. The molecule has 2 N–H and O–H groups in total. The minimum absolute atomic E-state index is 0.149. The summed E-state index contributed by atoms with van der Waals surface area (Å²) in [6, 6.07) is 15.1. The molecule has 1 aliphatic rings. The van der Waals surface area contributed by atoms with E-state index >= 15 is 0 Å². The van der Waals surface area contributed by atoms with Gasteiger partial charge in [-0.05, 0) is 48.0 Å². The molecule has 8 heteroatoms. The van der Waals surface area contributed by atoms with Gasteiger partial charge < -0.3 is 19.2 Å². The molecule has 4 rings (SSSR count). The van der Waals surface area contributed by atoms with Crippen molar-refractivity contribution >= 4 is 23.7 Å². The number of furan rings is 1. The van der Waals surface area contributed by atoms with Crippen LogP contribution in [0.3, 0.4) is 0 Å². The zero-order chi connectivity index (χ0) is 19.3. The first-order valence-electron chi connectivity index (χ1n) is 8.37. The first-order valence-corrected chi connectivity index (χ1v) is 8.37. The summed E-state index contributed by atoms with van der Waals surface area (Å²) in [5.74, 6) is 0.529. The molecule has 1 aliphatic heterocycles. The number of benzene rings is 2. The van der Waals surface area contributed by atoms with Crippen molar-refractivity contribution in [1.29, 1.82) is 0 Å². The Labute approximate surface area is 159 Å². The van der Waals surface area contributed by atoms with Gasteiger partial charge in [0.15, 0.2) is 17.3 Å². The van der Waals surface area contributed by atoms with Crippen molar-refractivity contribution in [3.05, 3.63) is 77.7 Å². The molecule has 1 aromatic heterocycles. The van der Waals surface area contributed by atoms with E-state index in [0.717, 1.165) is 5.56 Å². The Morgan fingerprint density at radius 3 is 2.68 bits per heavy atom. The fraction of sp³-hybridized carbons (Fsp3) is 0.0500. The summed E-state index contributed by atoms with van der Waals surface area (Å²) in [4.78, 5) is 24.6. The van der Waals surface area contributed by atoms with Crippen LogP contribution in [0, 0.1) is 0 Å². The number of carbonyl (C=O) groups excluding carboxylic acids is 2. The summed E-state index contributed by atoms with van der Waals surface area (Å²) in [5, 5.41) is 6.62. The largest absolute Gasteiger partial charge is 0.459 e. The molecule has 0 atom stereocenters. The number of para-hydroxylation sites is 1. The van der Waals surface area contributed by atoms with Crippen LogP contribution in [0.25, 0.3) is 0 Å². The Morgan fingerprint density at radius 1 is 0.964 bits per heavy atom. The van der Waals surface area contributed by atoms with E-state index in [9.17, 15) is 9.59 Å². The molecule has 8 nitrogen and oxygen atoms in total.